The topological polar surface area (TPSA) is 107 Å². The van der Waals surface area contributed by atoms with Crippen molar-refractivity contribution in [2.75, 3.05) is 35.7 Å². The first kappa shape index (κ1) is 28.3. The smallest absolute Gasteiger partial charge is 0.213 e. The van der Waals surface area contributed by atoms with Crippen LogP contribution in [0, 0.1) is 11.3 Å². The minimum absolute atomic E-state index is 0.128. The third kappa shape index (κ3) is 5.76. The Kier molecular flexibility index (Phi) is 7.72. The number of anilines is 4. The van der Waals surface area contributed by atoms with Crippen molar-refractivity contribution >= 4 is 23.0 Å². The van der Waals surface area contributed by atoms with Crippen LogP contribution in [-0.2, 0) is 6.54 Å². The lowest BCUT2D eigenvalue weighted by molar-refractivity contribution is 0.0932. The maximum atomic E-state index is 8.98. The van der Waals surface area contributed by atoms with Crippen LogP contribution in [-0.4, -0.2) is 46.1 Å². The first-order valence-corrected chi connectivity index (χ1v) is 15.2. The summed E-state index contributed by atoms with van der Waals surface area (Å²) in [6.45, 7) is 2.77. The third-order valence-corrected chi connectivity index (χ3v) is 8.63. The van der Waals surface area contributed by atoms with Crippen molar-refractivity contribution in [2.45, 2.75) is 31.7 Å². The number of nitrogens with two attached hydrogens (primary N) is 1. The maximum Gasteiger partial charge on any atom is 0.213 e. The number of fused-ring (bicyclic) bond motifs is 1. The summed E-state index contributed by atoms with van der Waals surface area (Å²) in [5.74, 6) is 1.97. The molecule has 1 fully saturated rings. The van der Waals surface area contributed by atoms with Crippen molar-refractivity contribution in [1.29, 1.82) is 5.26 Å². The summed E-state index contributed by atoms with van der Waals surface area (Å²) in [7, 11) is 2.09. The van der Waals surface area contributed by atoms with Gasteiger partial charge in [-0.1, -0.05) is 42.5 Å². The second-order valence-corrected chi connectivity index (χ2v) is 11.5. The van der Waals surface area contributed by atoms with E-state index in [1.807, 2.05) is 36.5 Å². The van der Waals surface area contributed by atoms with Gasteiger partial charge in [0.05, 0.1) is 11.3 Å². The minimum Gasteiger partial charge on any atom is -0.474 e. The molecule has 0 bridgehead atoms. The monoisotopic (exact) mass is 594 g/mol. The van der Waals surface area contributed by atoms with Crippen molar-refractivity contribution in [1.82, 2.24) is 19.9 Å². The number of ether oxygens (including phenoxy) is 1. The van der Waals surface area contributed by atoms with Crippen LogP contribution in [0.4, 0.5) is 23.0 Å². The normalized spacial score (nSPS) is 16.8. The van der Waals surface area contributed by atoms with Crippen LogP contribution in [0.2, 0.25) is 0 Å². The molecule has 1 unspecified atom stereocenters. The SMILES string of the molecule is CN1c2cc(-c3ccccc3)cnc2N(c2ccc(CN3CCC(Oc4ccc(C#N)cn4)CC3)cc2)C1c1cccnc1N. The van der Waals surface area contributed by atoms with Crippen LogP contribution in [0.3, 0.4) is 0 Å². The van der Waals surface area contributed by atoms with Crippen LogP contribution in [0.5, 0.6) is 5.88 Å². The maximum absolute atomic E-state index is 8.98. The van der Waals surface area contributed by atoms with E-state index in [1.165, 1.54) is 5.56 Å². The van der Waals surface area contributed by atoms with Gasteiger partial charge in [0, 0.05) is 68.2 Å². The van der Waals surface area contributed by atoms with Crippen LogP contribution in [0.25, 0.3) is 11.1 Å². The molecule has 224 valence electrons. The Bertz CT molecular complexity index is 1810. The van der Waals surface area contributed by atoms with Gasteiger partial charge in [0.25, 0.3) is 0 Å². The van der Waals surface area contributed by atoms with Gasteiger partial charge in [0.2, 0.25) is 5.88 Å². The van der Waals surface area contributed by atoms with Crippen molar-refractivity contribution in [2.24, 2.45) is 0 Å². The molecule has 0 saturated carbocycles. The Balaban J connectivity index is 1.08. The molecule has 0 amide bonds. The Morgan fingerprint density at radius 1 is 0.889 bits per heavy atom. The first-order chi connectivity index (χ1) is 22.1. The summed E-state index contributed by atoms with van der Waals surface area (Å²) in [5, 5.41) is 8.98. The quantitative estimate of drug-likeness (QED) is 0.232. The molecule has 1 atom stereocenters. The highest BCUT2D eigenvalue weighted by Gasteiger charge is 2.38. The van der Waals surface area contributed by atoms with E-state index in [1.54, 1.807) is 24.5 Å². The molecule has 1 saturated heterocycles. The van der Waals surface area contributed by atoms with E-state index in [0.29, 0.717) is 17.3 Å². The number of hydrogen-bond donors (Lipinski definition) is 1. The van der Waals surface area contributed by atoms with Gasteiger partial charge in [-0.15, -0.1) is 0 Å². The number of aromatic nitrogens is 3. The average molecular weight is 595 g/mol. The highest BCUT2D eigenvalue weighted by molar-refractivity contribution is 5.85. The fraction of sp³-hybridized carbons (Fsp3) is 0.222. The number of hydrogen-bond acceptors (Lipinski definition) is 9. The number of rotatable bonds is 7. The molecular weight excluding hydrogens is 560 g/mol. The molecule has 3 aromatic heterocycles. The van der Waals surface area contributed by atoms with Crippen molar-refractivity contribution in [3.63, 3.8) is 0 Å². The van der Waals surface area contributed by atoms with Crippen molar-refractivity contribution < 1.29 is 4.74 Å². The lowest BCUT2D eigenvalue weighted by atomic mass is 10.1. The molecule has 9 nitrogen and oxygen atoms in total. The summed E-state index contributed by atoms with van der Waals surface area (Å²) in [6.07, 6.45) is 7.03. The van der Waals surface area contributed by atoms with E-state index in [-0.39, 0.29) is 12.3 Å². The van der Waals surface area contributed by atoms with Gasteiger partial charge in [-0.05, 0) is 60.4 Å². The van der Waals surface area contributed by atoms with Gasteiger partial charge in [-0.2, -0.15) is 5.26 Å². The Hall–Kier alpha value is -5.46. The lowest BCUT2D eigenvalue weighted by Crippen LogP contribution is -2.37. The number of benzene rings is 2. The highest BCUT2D eigenvalue weighted by Crippen LogP contribution is 2.50. The van der Waals surface area contributed by atoms with Gasteiger partial charge >= 0.3 is 0 Å². The van der Waals surface area contributed by atoms with E-state index >= 15 is 0 Å². The summed E-state index contributed by atoms with van der Waals surface area (Å²) < 4.78 is 6.07. The van der Waals surface area contributed by atoms with Crippen molar-refractivity contribution in [3.8, 4) is 23.1 Å². The molecule has 9 heteroatoms. The van der Waals surface area contributed by atoms with Gasteiger partial charge in [0.15, 0.2) is 5.82 Å². The molecule has 2 aliphatic heterocycles. The molecule has 7 rings (SSSR count). The second-order valence-electron chi connectivity index (χ2n) is 11.5. The predicted molar refractivity (Wildman–Crippen MR) is 176 cm³/mol. The molecule has 0 aliphatic carbocycles. The van der Waals surface area contributed by atoms with E-state index in [4.69, 9.17) is 20.7 Å². The van der Waals surface area contributed by atoms with E-state index in [0.717, 1.165) is 66.4 Å². The van der Waals surface area contributed by atoms with Crippen LogP contribution >= 0.6 is 0 Å². The fourth-order valence-electron chi connectivity index (χ4n) is 6.25. The number of nitrogen functional groups attached to an aromatic ring is 1. The largest absolute Gasteiger partial charge is 0.474 e. The molecule has 5 aromatic rings. The number of likely N-dealkylation sites (tertiary alicyclic amines) is 1. The number of piperidine rings is 1. The van der Waals surface area contributed by atoms with Gasteiger partial charge in [0.1, 0.15) is 24.2 Å². The summed E-state index contributed by atoms with van der Waals surface area (Å²) in [4.78, 5) is 20.6. The first-order valence-electron chi connectivity index (χ1n) is 15.2. The summed E-state index contributed by atoms with van der Waals surface area (Å²) in [6, 6.07) is 30.9. The minimum atomic E-state index is -0.192. The standard InChI is InChI=1S/C36H34N8O/c1-42-32-20-28(27-6-3-2-4-7-27)23-41-35(32)44(36(42)31-8-5-17-39-34(31)38)29-12-9-25(10-13-29)24-43-18-15-30(16-19-43)45-33-14-11-26(21-37)22-40-33/h2-14,17,20,22-23,30,36H,15-16,18-19,24H2,1H3,(H2,38,39). The Labute approximate surface area is 263 Å². The number of nitrogens with zero attached hydrogens (tertiary/aromatic N) is 7. The Morgan fingerprint density at radius 3 is 2.40 bits per heavy atom. The molecule has 45 heavy (non-hydrogen) atoms. The van der Waals surface area contributed by atoms with Crippen LogP contribution in [0.15, 0.2) is 104 Å². The number of pyridine rings is 3. The number of nitriles is 1. The fourth-order valence-corrected chi connectivity index (χ4v) is 6.25. The van der Waals surface area contributed by atoms with Gasteiger partial charge < -0.3 is 15.4 Å². The van der Waals surface area contributed by atoms with E-state index in [9.17, 15) is 0 Å². The third-order valence-electron chi connectivity index (χ3n) is 8.63. The lowest BCUT2D eigenvalue weighted by Gasteiger charge is -2.32. The summed E-state index contributed by atoms with van der Waals surface area (Å²) >= 11 is 0. The van der Waals surface area contributed by atoms with E-state index < -0.39 is 0 Å². The van der Waals surface area contributed by atoms with Gasteiger partial charge in [-0.3, -0.25) is 9.80 Å². The molecular formula is C36H34N8O. The molecule has 2 N–H and O–H groups in total. The van der Waals surface area contributed by atoms with Crippen LogP contribution in [0.1, 0.15) is 35.7 Å². The van der Waals surface area contributed by atoms with Crippen LogP contribution < -0.4 is 20.3 Å². The molecule has 2 aliphatic rings. The average Bonchev–Trinajstić information content (AvgIpc) is 3.38. The van der Waals surface area contributed by atoms with Gasteiger partial charge in [-0.25, -0.2) is 15.0 Å². The van der Waals surface area contributed by atoms with Crippen molar-refractivity contribution in [3.05, 3.63) is 120 Å². The molecule has 0 radical (unpaired) electrons. The zero-order chi connectivity index (χ0) is 30.8. The summed E-state index contributed by atoms with van der Waals surface area (Å²) in [5.41, 5.74) is 13.4. The zero-order valence-electron chi connectivity index (χ0n) is 25.1. The zero-order valence-corrected chi connectivity index (χ0v) is 25.1. The molecule has 2 aromatic carbocycles. The Morgan fingerprint density at radius 2 is 1.69 bits per heavy atom. The van der Waals surface area contributed by atoms with E-state index in [2.05, 4.69) is 80.2 Å². The second kappa shape index (κ2) is 12.3. The molecule has 5 heterocycles. The highest BCUT2D eigenvalue weighted by atomic mass is 16.5. The molecule has 0 spiro atoms. The predicted octanol–water partition coefficient (Wildman–Crippen LogP) is 6.32.